The molecule has 1 aliphatic carbocycles. The molecule has 2 aromatic rings. The average molecular weight is 352 g/mol. The van der Waals surface area contributed by atoms with Gasteiger partial charge in [0.25, 0.3) is 0 Å². The minimum absolute atomic E-state index is 0.145. The van der Waals surface area contributed by atoms with Crippen LogP contribution in [0.2, 0.25) is 0 Å². The zero-order valence-electron chi connectivity index (χ0n) is 14.8. The van der Waals surface area contributed by atoms with Gasteiger partial charge in [-0.25, -0.2) is 9.97 Å². The molecule has 136 valence electrons. The Hall–Kier alpha value is -2.47. The van der Waals surface area contributed by atoms with Gasteiger partial charge in [-0.2, -0.15) is 0 Å². The van der Waals surface area contributed by atoms with Crippen LogP contribution in [0.1, 0.15) is 30.0 Å². The highest BCUT2D eigenvalue weighted by Gasteiger charge is 2.31. The van der Waals surface area contributed by atoms with Crippen LogP contribution in [0.3, 0.4) is 0 Å². The molecule has 1 N–H and O–H groups in total. The van der Waals surface area contributed by atoms with Crippen molar-refractivity contribution in [3.63, 3.8) is 0 Å². The van der Waals surface area contributed by atoms with Crippen molar-refractivity contribution in [2.75, 3.05) is 31.1 Å². The minimum Gasteiger partial charge on any atom is -0.393 e. The van der Waals surface area contributed by atoms with Crippen molar-refractivity contribution in [3.05, 3.63) is 54.0 Å². The molecule has 4 rings (SSSR count). The highest BCUT2D eigenvalue weighted by molar-refractivity contribution is 5.82. The van der Waals surface area contributed by atoms with Crippen molar-refractivity contribution in [1.82, 2.24) is 14.9 Å². The van der Waals surface area contributed by atoms with E-state index in [9.17, 15) is 9.90 Å². The first-order valence-electron chi connectivity index (χ1n) is 9.25. The summed E-state index contributed by atoms with van der Waals surface area (Å²) in [6.07, 6.45) is 3.79. The Morgan fingerprint density at radius 3 is 2.65 bits per heavy atom. The lowest BCUT2D eigenvalue weighted by atomic mass is 9.80. The highest BCUT2D eigenvalue weighted by Crippen LogP contribution is 2.36. The third kappa shape index (κ3) is 3.70. The van der Waals surface area contributed by atoms with E-state index in [1.807, 2.05) is 34.1 Å². The van der Waals surface area contributed by atoms with Gasteiger partial charge in [0.2, 0.25) is 5.91 Å². The number of carbonyl (C=O) groups excluding carboxylic acids is 1. The van der Waals surface area contributed by atoms with Crippen LogP contribution in [0.15, 0.2) is 42.7 Å². The lowest BCUT2D eigenvalue weighted by Crippen LogP contribution is -2.51. The molecule has 6 heteroatoms. The molecular formula is C20H24N4O2. The van der Waals surface area contributed by atoms with Crippen LogP contribution in [0.25, 0.3) is 0 Å². The fraction of sp³-hybridized carbons (Fsp3) is 0.450. The summed E-state index contributed by atoms with van der Waals surface area (Å²) in [7, 11) is 0. The van der Waals surface area contributed by atoms with Gasteiger partial charge in [-0.1, -0.05) is 30.3 Å². The number of aliphatic hydroxyl groups is 1. The quantitative estimate of drug-likeness (QED) is 0.885. The fourth-order valence-corrected chi connectivity index (χ4v) is 3.64. The van der Waals surface area contributed by atoms with Crippen molar-refractivity contribution in [1.29, 1.82) is 0 Å². The van der Waals surface area contributed by atoms with Gasteiger partial charge >= 0.3 is 0 Å². The van der Waals surface area contributed by atoms with Gasteiger partial charge in [0.1, 0.15) is 12.1 Å². The summed E-state index contributed by atoms with van der Waals surface area (Å²) in [4.78, 5) is 25.2. The number of amides is 1. The molecule has 1 aromatic heterocycles. The topological polar surface area (TPSA) is 69.6 Å². The summed E-state index contributed by atoms with van der Waals surface area (Å²) in [5.74, 6) is 1.27. The van der Waals surface area contributed by atoms with Crippen molar-refractivity contribution in [2.24, 2.45) is 0 Å². The minimum atomic E-state index is -0.201. The number of anilines is 1. The second-order valence-electron chi connectivity index (χ2n) is 7.16. The van der Waals surface area contributed by atoms with Gasteiger partial charge in [0, 0.05) is 37.3 Å². The lowest BCUT2D eigenvalue weighted by Gasteiger charge is -2.36. The molecule has 0 atom stereocenters. The number of carbonyl (C=O) groups is 1. The summed E-state index contributed by atoms with van der Waals surface area (Å²) in [5, 5.41) is 9.49. The zero-order valence-corrected chi connectivity index (χ0v) is 14.8. The number of benzene rings is 1. The molecule has 0 radical (unpaired) electrons. The van der Waals surface area contributed by atoms with Crippen LogP contribution in [-0.4, -0.2) is 58.2 Å². The molecule has 0 spiro atoms. The van der Waals surface area contributed by atoms with Crippen LogP contribution >= 0.6 is 0 Å². The third-order valence-corrected chi connectivity index (χ3v) is 5.36. The Balaban J connectivity index is 1.35. The van der Waals surface area contributed by atoms with Gasteiger partial charge < -0.3 is 14.9 Å². The predicted octanol–water partition coefficient (Wildman–Crippen LogP) is 1.61. The summed E-state index contributed by atoms with van der Waals surface area (Å²) < 4.78 is 0. The standard InChI is InChI=1S/C20H24N4O2/c25-17-10-16(11-17)18-12-19(22-14-21-18)24-9-8-23(20(26)13-24)7-6-15-4-2-1-3-5-15/h1-5,12,14,16-17,25H,6-11,13H2. The van der Waals surface area contributed by atoms with Gasteiger partial charge in [0.15, 0.2) is 0 Å². The molecule has 2 fully saturated rings. The van der Waals surface area contributed by atoms with Gasteiger partial charge in [0.05, 0.1) is 12.6 Å². The molecule has 0 unspecified atom stereocenters. The number of aliphatic hydroxyl groups excluding tert-OH is 1. The number of hydrogen-bond donors (Lipinski definition) is 1. The summed E-state index contributed by atoms with van der Waals surface area (Å²) in [6, 6.07) is 12.2. The lowest BCUT2D eigenvalue weighted by molar-refractivity contribution is -0.130. The number of piperazine rings is 1. The Labute approximate surface area is 153 Å². The molecule has 2 heterocycles. The molecule has 1 saturated carbocycles. The summed E-state index contributed by atoms with van der Waals surface area (Å²) >= 11 is 0. The second kappa shape index (κ2) is 7.41. The molecule has 6 nitrogen and oxygen atoms in total. The molecule has 1 aliphatic heterocycles. The molecule has 2 aliphatic rings. The number of aromatic nitrogens is 2. The summed E-state index contributed by atoms with van der Waals surface area (Å²) in [5.41, 5.74) is 2.23. The van der Waals surface area contributed by atoms with E-state index in [1.54, 1.807) is 6.33 Å². The highest BCUT2D eigenvalue weighted by atomic mass is 16.3. The first kappa shape index (κ1) is 17.0. The molecule has 1 saturated heterocycles. The number of rotatable bonds is 5. The van der Waals surface area contributed by atoms with E-state index in [-0.39, 0.29) is 12.0 Å². The normalized spacial score (nSPS) is 23.0. The SMILES string of the molecule is O=C1CN(c2cc(C3CC(O)C3)ncn2)CCN1CCc1ccccc1. The zero-order chi connectivity index (χ0) is 17.9. The maximum Gasteiger partial charge on any atom is 0.242 e. The summed E-state index contributed by atoms with van der Waals surface area (Å²) in [6.45, 7) is 2.61. The van der Waals surface area contributed by atoms with Crippen molar-refractivity contribution in [3.8, 4) is 0 Å². The third-order valence-electron chi connectivity index (χ3n) is 5.36. The van der Waals surface area contributed by atoms with Crippen LogP contribution in [0.5, 0.6) is 0 Å². The Kier molecular flexibility index (Phi) is 4.84. The van der Waals surface area contributed by atoms with Gasteiger partial charge in [-0.3, -0.25) is 4.79 Å². The molecule has 1 aromatic carbocycles. The first-order valence-corrected chi connectivity index (χ1v) is 9.25. The Bertz CT molecular complexity index is 761. The van der Waals surface area contributed by atoms with Gasteiger partial charge in [-0.15, -0.1) is 0 Å². The van der Waals surface area contributed by atoms with Crippen LogP contribution in [0, 0.1) is 0 Å². The Morgan fingerprint density at radius 1 is 1.12 bits per heavy atom. The largest absolute Gasteiger partial charge is 0.393 e. The first-order chi connectivity index (χ1) is 12.7. The smallest absolute Gasteiger partial charge is 0.242 e. The van der Waals surface area contributed by atoms with E-state index in [0.29, 0.717) is 19.0 Å². The molecule has 26 heavy (non-hydrogen) atoms. The van der Waals surface area contributed by atoms with Crippen LogP contribution in [0.4, 0.5) is 5.82 Å². The second-order valence-corrected chi connectivity index (χ2v) is 7.16. The van der Waals surface area contributed by atoms with E-state index in [2.05, 4.69) is 22.1 Å². The van der Waals surface area contributed by atoms with Crippen molar-refractivity contribution >= 4 is 11.7 Å². The monoisotopic (exact) mass is 352 g/mol. The number of hydrogen-bond acceptors (Lipinski definition) is 5. The molecule has 0 bridgehead atoms. The Morgan fingerprint density at radius 2 is 1.92 bits per heavy atom. The average Bonchev–Trinajstić information content (AvgIpc) is 2.65. The van der Waals surface area contributed by atoms with E-state index in [1.165, 1.54) is 5.56 Å². The fourth-order valence-electron chi connectivity index (χ4n) is 3.64. The van der Waals surface area contributed by atoms with E-state index in [4.69, 9.17) is 0 Å². The van der Waals surface area contributed by atoms with E-state index in [0.717, 1.165) is 43.9 Å². The van der Waals surface area contributed by atoms with Crippen LogP contribution in [-0.2, 0) is 11.2 Å². The van der Waals surface area contributed by atoms with Crippen molar-refractivity contribution < 1.29 is 9.90 Å². The maximum atomic E-state index is 12.5. The molecular weight excluding hydrogens is 328 g/mol. The number of nitrogens with zero attached hydrogens (tertiary/aromatic N) is 4. The predicted molar refractivity (Wildman–Crippen MR) is 99.0 cm³/mol. The molecule has 1 amide bonds. The van der Waals surface area contributed by atoms with Crippen molar-refractivity contribution in [2.45, 2.75) is 31.3 Å². The van der Waals surface area contributed by atoms with E-state index >= 15 is 0 Å². The maximum absolute atomic E-state index is 12.5. The van der Waals surface area contributed by atoms with Gasteiger partial charge in [-0.05, 0) is 24.8 Å². The van der Waals surface area contributed by atoms with E-state index < -0.39 is 0 Å². The van der Waals surface area contributed by atoms with Crippen LogP contribution < -0.4 is 4.90 Å².